The Kier molecular flexibility index (Phi) is 4.22. The largest absolute Gasteiger partial charge is 0.356 e. The Hall–Kier alpha value is -0.570. The number of hydrogen-bond donors (Lipinski definition) is 0. The molecule has 3 nitrogen and oxygen atoms in total. The number of rotatable bonds is 4. The van der Waals surface area contributed by atoms with Gasteiger partial charge >= 0.3 is 0 Å². The van der Waals surface area contributed by atoms with Crippen molar-refractivity contribution in [2.24, 2.45) is 0 Å². The second kappa shape index (κ2) is 5.22. The van der Waals surface area contributed by atoms with Gasteiger partial charge in [-0.05, 0) is 12.8 Å². The minimum atomic E-state index is 0.0593. The van der Waals surface area contributed by atoms with Crippen LogP contribution in [0.1, 0.15) is 39.5 Å². The summed E-state index contributed by atoms with van der Waals surface area (Å²) < 4.78 is 5.48. The Balaban J connectivity index is 2.27. The summed E-state index contributed by atoms with van der Waals surface area (Å²) in [5, 5.41) is 0. The van der Waals surface area contributed by atoms with Gasteiger partial charge in [-0.2, -0.15) is 0 Å². The third kappa shape index (κ3) is 2.99. The van der Waals surface area contributed by atoms with Crippen LogP contribution in [0.5, 0.6) is 0 Å². The molecule has 1 aliphatic rings. The van der Waals surface area contributed by atoms with Crippen LogP contribution in [0.15, 0.2) is 0 Å². The van der Waals surface area contributed by atoms with Crippen molar-refractivity contribution in [3.63, 3.8) is 0 Å². The summed E-state index contributed by atoms with van der Waals surface area (Å²) in [6.07, 6.45) is 4.65. The first kappa shape index (κ1) is 10.5. The lowest BCUT2D eigenvalue weighted by molar-refractivity contribution is -0.133. The van der Waals surface area contributed by atoms with Gasteiger partial charge in [0.25, 0.3) is 0 Å². The minimum Gasteiger partial charge on any atom is -0.356 e. The summed E-state index contributed by atoms with van der Waals surface area (Å²) in [5.74, 6) is 0.138. The van der Waals surface area contributed by atoms with E-state index in [2.05, 4.69) is 6.92 Å². The van der Waals surface area contributed by atoms with E-state index < -0.39 is 0 Å². The minimum absolute atomic E-state index is 0.0593. The predicted octanol–water partition coefficient (Wildman–Crippen LogP) is 1.77. The summed E-state index contributed by atoms with van der Waals surface area (Å²) in [5.41, 5.74) is 0. The molecule has 0 N–H and O–H groups in total. The van der Waals surface area contributed by atoms with E-state index in [-0.39, 0.29) is 12.1 Å². The number of nitrogens with zero attached hydrogens (tertiary/aromatic N) is 1. The molecule has 3 heteroatoms. The molecule has 1 rings (SSSR count). The van der Waals surface area contributed by atoms with Crippen molar-refractivity contribution in [2.75, 3.05) is 13.2 Å². The number of carbonyl (C=O) groups excluding carboxylic acids is 1. The molecule has 0 aliphatic carbocycles. The van der Waals surface area contributed by atoms with Gasteiger partial charge in [0, 0.05) is 13.5 Å². The Morgan fingerprint density at radius 2 is 2.31 bits per heavy atom. The highest BCUT2D eigenvalue weighted by atomic mass is 16.5. The number of ether oxygens (including phenoxy) is 1. The third-order valence-corrected chi connectivity index (χ3v) is 2.45. The van der Waals surface area contributed by atoms with Crippen LogP contribution < -0.4 is 0 Å². The average molecular weight is 185 g/mol. The van der Waals surface area contributed by atoms with Crippen molar-refractivity contribution in [1.29, 1.82) is 0 Å². The average Bonchev–Trinajstić information content (AvgIpc) is 2.53. The molecule has 13 heavy (non-hydrogen) atoms. The van der Waals surface area contributed by atoms with E-state index in [0.29, 0.717) is 6.61 Å². The Morgan fingerprint density at radius 1 is 1.54 bits per heavy atom. The first-order chi connectivity index (χ1) is 6.25. The van der Waals surface area contributed by atoms with E-state index in [1.54, 1.807) is 6.92 Å². The molecule has 1 saturated heterocycles. The summed E-state index contributed by atoms with van der Waals surface area (Å²) in [4.78, 5) is 13.0. The highest BCUT2D eigenvalue weighted by Gasteiger charge is 2.26. The maximum absolute atomic E-state index is 11.1. The molecule has 1 heterocycles. The fourth-order valence-electron chi connectivity index (χ4n) is 1.69. The van der Waals surface area contributed by atoms with Crippen LogP contribution >= 0.6 is 0 Å². The van der Waals surface area contributed by atoms with Crippen LogP contribution in [0.3, 0.4) is 0 Å². The molecular weight excluding hydrogens is 166 g/mol. The van der Waals surface area contributed by atoms with Crippen LogP contribution in [-0.4, -0.2) is 30.2 Å². The quantitative estimate of drug-likeness (QED) is 0.625. The van der Waals surface area contributed by atoms with Gasteiger partial charge in [0.1, 0.15) is 6.23 Å². The van der Waals surface area contributed by atoms with Crippen LogP contribution in [0, 0.1) is 0 Å². The van der Waals surface area contributed by atoms with E-state index >= 15 is 0 Å². The van der Waals surface area contributed by atoms with Gasteiger partial charge in [-0.1, -0.05) is 19.8 Å². The molecule has 76 valence electrons. The van der Waals surface area contributed by atoms with Crippen molar-refractivity contribution in [1.82, 2.24) is 4.90 Å². The second-order valence-corrected chi connectivity index (χ2v) is 3.53. The molecule has 0 radical (unpaired) electrons. The number of hydrogen-bond acceptors (Lipinski definition) is 2. The zero-order chi connectivity index (χ0) is 9.68. The normalized spacial score (nSPS) is 22.3. The molecule has 1 aliphatic heterocycles. The zero-order valence-corrected chi connectivity index (χ0v) is 8.58. The zero-order valence-electron chi connectivity index (χ0n) is 8.58. The molecule has 0 aromatic heterocycles. The Bertz CT molecular complexity index is 170. The van der Waals surface area contributed by atoms with Gasteiger partial charge in [-0.25, -0.2) is 0 Å². The van der Waals surface area contributed by atoms with Crippen molar-refractivity contribution in [2.45, 2.75) is 45.8 Å². The highest BCUT2D eigenvalue weighted by molar-refractivity contribution is 5.73. The van der Waals surface area contributed by atoms with Crippen molar-refractivity contribution in [3.05, 3.63) is 0 Å². The van der Waals surface area contributed by atoms with Crippen LogP contribution in [0.25, 0.3) is 0 Å². The Morgan fingerprint density at radius 3 is 2.92 bits per heavy atom. The SMILES string of the molecule is CCCCCC1OCCN1C(C)=O. The first-order valence-electron chi connectivity index (χ1n) is 5.14. The monoisotopic (exact) mass is 185 g/mol. The van der Waals surface area contributed by atoms with E-state index in [1.165, 1.54) is 12.8 Å². The fourth-order valence-corrected chi connectivity index (χ4v) is 1.69. The molecule has 1 fully saturated rings. The van der Waals surface area contributed by atoms with Crippen molar-refractivity contribution in [3.8, 4) is 0 Å². The molecule has 0 saturated carbocycles. The topological polar surface area (TPSA) is 29.5 Å². The molecule has 0 aromatic carbocycles. The van der Waals surface area contributed by atoms with Gasteiger partial charge < -0.3 is 9.64 Å². The van der Waals surface area contributed by atoms with E-state index in [0.717, 1.165) is 19.4 Å². The molecule has 1 unspecified atom stereocenters. The summed E-state index contributed by atoms with van der Waals surface area (Å²) in [7, 11) is 0. The van der Waals surface area contributed by atoms with E-state index in [4.69, 9.17) is 4.74 Å². The van der Waals surface area contributed by atoms with Crippen LogP contribution in [0.2, 0.25) is 0 Å². The highest BCUT2D eigenvalue weighted by Crippen LogP contribution is 2.16. The lowest BCUT2D eigenvalue weighted by Gasteiger charge is -2.21. The predicted molar refractivity (Wildman–Crippen MR) is 51.3 cm³/mol. The summed E-state index contributed by atoms with van der Waals surface area (Å²) >= 11 is 0. The lowest BCUT2D eigenvalue weighted by Crippen LogP contribution is -2.34. The maximum Gasteiger partial charge on any atom is 0.221 e. The van der Waals surface area contributed by atoms with Gasteiger partial charge in [0.05, 0.1) is 6.61 Å². The molecule has 0 bridgehead atoms. The molecule has 0 aromatic rings. The standard InChI is InChI=1S/C10H19NO2/c1-3-4-5-6-10-11(9(2)12)7-8-13-10/h10H,3-8H2,1-2H3. The van der Waals surface area contributed by atoms with E-state index in [9.17, 15) is 4.79 Å². The molecule has 0 spiro atoms. The van der Waals surface area contributed by atoms with Crippen LogP contribution in [-0.2, 0) is 9.53 Å². The summed E-state index contributed by atoms with van der Waals surface area (Å²) in [6, 6.07) is 0. The number of unbranched alkanes of at least 4 members (excludes halogenated alkanes) is 2. The van der Waals surface area contributed by atoms with E-state index in [1.807, 2.05) is 4.90 Å². The van der Waals surface area contributed by atoms with Crippen molar-refractivity contribution < 1.29 is 9.53 Å². The second-order valence-electron chi connectivity index (χ2n) is 3.53. The van der Waals surface area contributed by atoms with Gasteiger partial charge in [-0.3, -0.25) is 4.79 Å². The molecule has 1 amide bonds. The van der Waals surface area contributed by atoms with Crippen LogP contribution in [0.4, 0.5) is 0 Å². The number of amides is 1. The third-order valence-electron chi connectivity index (χ3n) is 2.45. The molecule has 1 atom stereocenters. The van der Waals surface area contributed by atoms with Gasteiger partial charge in [0.15, 0.2) is 0 Å². The lowest BCUT2D eigenvalue weighted by atomic mass is 10.2. The number of carbonyl (C=O) groups is 1. The maximum atomic E-state index is 11.1. The molecular formula is C10H19NO2. The van der Waals surface area contributed by atoms with Gasteiger partial charge in [-0.15, -0.1) is 0 Å². The Labute approximate surface area is 80.1 Å². The van der Waals surface area contributed by atoms with Gasteiger partial charge in [0.2, 0.25) is 5.91 Å². The summed E-state index contributed by atoms with van der Waals surface area (Å²) in [6.45, 7) is 5.27. The first-order valence-corrected chi connectivity index (χ1v) is 5.14. The fraction of sp³-hybridized carbons (Fsp3) is 0.900. The van der Waals surface area contributed by atoms with Crippen molar-refractivity contribution >= 4 is 5.91 Å². The smallest absolute Gasteiger partial charge is 0.221 e.